The summed E-state index contributed by atoms with van der Waals surface area (Å²) in [5.74, 6) is 0. The van der Waals surface area contributed by atoms with E-state index in [0.29, 0.717) is 24.0 Å². The van der Waals surface area contributed by atoms with Gasteiger partial charge in [0, 0.05) is 0 Å². The van der Waals surface area contributed by atoms with E-state index in [-0.39, 0.29) is 7.25 Å². The second-order valence-electron chi connectivity index (χ2n) is 14.1. The van der Waals surface area contributed by atoms with Gasteiger partial charge >= 0.3 is 318 Å². The van der Waals surface area contributed by atoms with Gasteiger partial charge in [-0.15, -0.1) is 0 Å². The Balaban J connectivity index is 1.40. The van der Waals surface area contributed by atoms with Crippen molar-refractivity contribution in [3.63, 3.8) is 0 Å². The molecule has 2 aliphatic rings. The van der Waals surface area contributed by atoms with Gasteiger partial charge in [-0.05, 0) is 0 Å². The summed E-state index contributed by atoms with van der Waals surface area (Å²) in [6, 6.07) is 33.6. The molecule has 0 amide bonds. The van der Waals surface area contributed by atoms with Crippen molar-refractivity contribution >= 4 is 35.8 Å². The number of allylic oxidation sites excluding steroid dienone is 2. The Kier molecular flexibility index (Phi) is 10.2. The predicted molar refractivity (Wildman–Crippen MR) is 206 cm³/mol. The first kappa shape index (κ1) is 38.1. The molecule has 0 N–H and O–H groups in total. The minimum atomic E-state index is -5.24. The van der Waals surface area contributed by atoms with E-state index in [4.69, 9.17) is 17.0 Å². The number of rotatable bonds is 9. The number of hydrogen-bond donors (Lipinski definition) is 0. The second-order valence-corrected chi connectivity index (χ2v) is 54.3. The molecule has 2 unspecified atom stereocenters. The van der Waals surface area contributed by atoms with Crippen molar-refractivity contribution < 1.29 is 41.9 Å². The maximum absolute atomic E-state index is 13.5. The number of benzene rings is 5. The fourth-order valence-corrected chi connectivity index (χ4v) is 45.6. The Morgan fingerprint density at radius 1 is 0.547 bits per heavy atom. The SMILES string of the molecule is CCC1=Cc2c(-c3ccc(C(F)(F)F)cc3)cccc2[CH]1[Zr]([Cl])([Cl])([SiH2]Cc1ccccc1)[CH]1C(CC)=Cc2c(-c3ccc(C(F)(F)F)cc3)cccc21. The van der Waals surface area contributed by atoms with Crippen LogP contribution in [0.25, 0.3) is 34.4 Å². The normalized spacial score (nSPS) is 18.0. The van der Waals surface area contributed by atoms with Crippen molar-refractivity contribution in [1.29, 1.82) is 0 Å². The molecule has 53 heavy (non-hydrogen) atoms. The molecule has 0 fully saturated rings. The summed E-state index contributed by atoms with van der Waals surface area (Å²) < 4.78 is 80.4. The molecule has 5 aromatic rings. The second kappa shape index (κ2) is 14.2. The van der Waals surface area contributed by atoms with Crippen LogP contribution in [0.5, 0.6) is 0 Å². The quantitative estimate of drug-likeness (QED) is 0.102. The molecule has 0 aromatic heterocycles. The van der Waals surface area contributed by atoms with Crippen LogP contribution in [-0.2, 0) is 34.0 Å². The molecule has 0 saturated heterocycles. The van der Waals surface area contributed by atoms with Crippen molar-refractivity contribution in [2.45, 2.75) is 52.3 Å². The van der Waals surface area contributed by atoms with Crippen molar-refractivity contribution in [2.75, 3.05) is 0 Å². The number of halogens is 8. The summed E-state index contributed by atoms with van der Waals surface area (Å²) in [6.07, 6.45) is -3.13. The molecule has 2 aliphatic carbocycles. The molecule has 0 aliphatic heterocycles. The fourth-order valence-electron chi connectivity index (χ4n) is 8.60. The Hall–Kier alpha value is -3.16. The zero-order valence-corrected chi connectivity index (χ0v) is 34.5. The average molecular weight is 858 g/mol. The van der Waals surface area contributed by atoms with Gasteiger partial charge < -0.3 is 0 Å². The fraction of sp³-hybridized carbons (Fsp3) is 0.209. The molecule has 0 saturated carbocycles. The van der Waals surface area contributed by atoms with E-state index in [1.165, 1.54) is 29.8 Å². The standard InChI is InChI=1S/2C18H14F3.C7H9Si.2ClH.Zr/c2*1-2-12-10-14-4-3-5-16(17(14)11-12)13-6-8-15(9-7-13)18(19,20)21;8-6-7-4-2-1-3-5-7;;;/h2*3-11H,2H2,1H3;1-5H,6,8H2;2*1H;/q;;;;;+2/p-2. The maximum atomic E-state index is 13.5. The molecular weight excluding hydrogens is 821 g/mol. The van der Waals surface area contributed by atoms with E-state index in [2.05, 4.69) is 50.3 Å². The number of alkyl halides is 6. The van der Waals surface area contributed by atoms with Crippen LogP contribution in [-0.4, -0.2) is 6.65 Å². The van der Waals surface area contributed by atoms with E-state index >= 15 is 0 Å². The molecule has 0 nitrogen and oxygen atoms in total. The Morgan fingerprint density at radius 2 is 0.962 bits per heavy atom. The Morgan fingerprint density at radius 3 is 1.34 bits per heavy atom. The zero-order chi connectivity index (χ0) is 37.8. The Bertz CT molecular complexity index is 2090. The monoisotopic (exact) mass is 855 g/mol. The summed E-state index contributed by atoms with van der Waals surface area (Å²) in [5, 5.41) is 0. The van der Waals surface area contributed by atoms with E-state index in [9.17, 15) is 26.3 Å². The molecule has 2 atom stereocenters. The van der Waals surface area contributed by atoms with Gasteiger partial charge in [0.15, 0.2) is 0 Å². The zero-order valence-electron chi connectivity index (χ0n) is 29.1. The summed E-state index contributed by atoms with van der Waals surface area (Å²) in [5.41, 5.74) is 9.04. The van der Waals surface area contributed by atoms with Crippen molar-refractivity contribution in [2.24, 2.45) is 0 Å². The third kappa shape index (κ3) is 6.99. The van der Waals surface area contributed by atoms with E-state index in [1.807, 2.05) is 42.5 Å². The van der Waals surface area contributed by atoms with Crippen LogP contribution in [0.2, 0.25) is 0 Å². The summed E-state index contributed by atoms with van der Waals surface area (Å²) in [4.78, 5) is 0. The van der Waals surface area contributed by atoms with Crippen LogP contribution < -0.4 is 0 Å². The molecule has 0 spiro atoms. The molecule has 0 radical (unpaired) electrons. The molecule has 7 rings (SSSR count). The minimum absolute atomic E-state index is 0.231. The topological polar surface area (TPSA) is 0 Å². The van der Waals surface area contributed by atoms with Crippen LogP contribution in [0.1, 0.15) is 72.9 Å². The van der Waals surface area contributed by atoms with Gasteiger partial charge in [0.2, 0.25) is 0 Å². The van der Waals surface area contributed by atoms with Crippen molar-refractivity contribution in [3.8, 4) is 22.3 Å². The van der Waals surface area contributed by atoms with Crippen LogP contribution >= 0.6 is 17.0 Å². The molecule has 10 heteroatoms. The molecule has 5 aromatic carbocycles. The van der Waals surface area contributed by atoms with E-state index in [1.54, 1.807) is 0 Å². The van der Waals surface area contributed by atoms with Gasteiger partial charge in [0.1, 0.15) is 0 Å². The van der Waals surface area contributed by atoms with Crippen molar-refractivity contribution in [1.82, 2.24) is 0 Å². The van der Waals surface area contributed by atoms with Gasteiger partial charge in [0.05, 0.1) is 0 Å². The first-order chi connectivity index (χ1) is 25.1. The Labute approximate surface area is 315 Å². The summed E-state index contributed by atoms with van der Waals surface area (Å²) >= 11 is -5.24. The van der Waals surface area contributed by atoms with Gasteiger partial charge in [-0.2, -0.15) is 0 Å². The summed E-state index contributed by atoms with van der Waals surface area (Å²) in [7, 11) is 17.2. The van der Waals surface area contributed by atoms with Gasteiger partial charge in [-0.1, -0.05) is 0 Å². The number of hydrogen-bond acceptors (Lipinski definition) is 0. The average Bonchev–Trinajstić information content (AvgIpc) is 3.74. The molecule has 0 bridgehead atoms. The van der Waals surface area contributed by atoms with Gasteiger partial charge in [-0.25, -0.2) is 0 Å². The number of fused-ring (bicyclic) bond motifs is 2. The van der Waals surface area contributed by atoms with Crippen LogP contribution in [0, 0.1) is 0 Å². The third-order valence-corrected chi connectivity index (χ3v) is 47.6. The molecular formula is C43H37Cl2F6SiZr. The van der Waals surface area contributed by atoms with E-state index < -0.39 is 45.7 Å². The van der Waals surface area contributed by atoms with Gasteiger partial charge in [0.25, 0.3) is 0 Å². The van der Waals surface area contributed by atoms with Crippen LogP contribution in [0.3, 0.4) is 0 Å². The summed E-state index contributed by atoms with van der Waals surface area (Å²) in [6.45, 7) is 2.94. The first-order valence-electron chi connectivity index (χ1n) is 17.8. The molecule has 0 heterocycles. The van der Waals surface area contributed by atoms with Crippen LogP contribution in [0.15, 0.2) is 126 Å². The first-order valence-corrected chi connectivity index (χ1v) is 33.9. The molecule has 273 valence electrons. The predicted octanol–water partition coefficient (Wildman–Crippen LogP) is 13.7. The third-order valence-electron chi connectivity index (χ3n) is 11.1. The van der Waals surface area contributed by atoms with Crippen LogP contribution in [0.4, 0.5) is 26.3 Å². The van der Waals surface area contributed by atoms with E-state index in [0.717, 1.165) is 74.8 Å². The van der Waals surface area contributed by atoms with Crippen molar-refractivity contribution in [3.05, 3.63) is 165 Å². The van der Waals surface area contributed by atoms with Gasteiger partial charge in [-0.3, -0.25) is 0 Å².